The second-order valence-electron chi connectivity index (χ2n) is 6.47. The SMILES string of the molecule is CCN[C@H](C)CNC(=O)Cn1c(COc2ccccc2)nc2ccccc21.Cl.Cl. The summed E-state index contributed by atoms with van der Waals surface area (Å²) in [6.45, 7) is 6.09. The molecule has 0 unspecified atom stereocenters. The van der Waals surface area contributed by atoms with Gasteiger partial charge >= 0.3 is 0 Å². The average molecular weight is 439 g/mol. The summed E-state index contributed by atoms with van der Waals surface area (Å²) in [6.07, 6.45) is 0. The van der Waals surface area contributed by atoms with Crippen LogP contribution in [0.25, 0.3) is 11.0 Å². The minimum atomic E-state index is -0.0381. The van der Waals surface area contributed by atoms with Crippen LogP contribution in [-0.2, 0) is 17.9 Å². The van der Waals surface area contributed by atoms with Gasteiger partial charge in [0.25, 0.3) is 0 Å². The molecule has 3 aromatic rings. The molecule has 29 heavy (non-hydrogen) atoms. The van der Waals surface area contributed by atoms with Crippen LogP contribution >= 0.6 is 24.8 Å². The van der Waals surface area contributed by atoms with Crippen molar-refractivity contribution in [2.45, 2.75) is 33.0 Å². The molecule has 1 aromatic heterocycles. The molecule has 0 spiro atoms. The molecule has 0 aliphatic heterocycles. The standard InChI is InChI=1S/C21H26N4O2.2ClH/c1-3-22-16(2)13-23-21(26)14-25-19-12-8-7-11-18(19)24-20(25)15-27-17-9-5-4-6-10-17;;/h4-12,16,22H,3,13-15H2,1-2H3,(H,23,26);2*1H/t16-;;/m1../s1. The highest BCUT2D eigenvalue weighted by atomic mass is 35.5. The van der Waals surface area contributed by atoms with E-state index in [1.807, 2.05) is 59.2 Å². The first-order chi connectivity index (χ1) is 13.2. The number of fused-ring (bicyclic) bond motifs is 1. The number of ether oxygens (including phenoxy) is 1. The summed E-state index contributed by atoms with van der Waals surface area (Å²) in [7, 11) is 0. The summed E-state index contributed by atoms with van der Waals surface area (Å²) < 4.78 is 7.77. The van der Waals surface area contributed by atoms with Gasteiger partial charge in [0, 0.05) is 12.6 Å². The smallest absolute Gasteiger partial charge is 0.240 e. The van der Waals surface area contributed by atoms with Crippen molar-refractivity contribution in [2.75, 3.05) is 13.1 Å². The second kappa shape index (κ2) is 12.3. The van der Waals surface area contributed by atoms with Gasteiger partial charge in [0.2, 0.25) is 5.91 Å². The average Bonchev–Trinajstić information content (AvgIpc) is 3.03. The van der Waals surface area contributed by atoms with Crippen molar-refractivity contribution in [3.63, 3.8) is 0 Å². The number of likely N-dealkylation sites (N-methyl/N-ethyl adjacent to an activating group) is 1. The molecular formula is C21H28Cl2N4O2. The number of amides is 1. The Kier molecular flexibility index (Phi) is 10.5. The molecule has 0 bridgehead atoms. The Balaban J connectivity index is 0.00000210. The number of nitrogens with one attached hydrogen (secondary N) is 2. The molecule has 1 heterocycles. The van der Waals surface area contributed by atoms with Crippen molar-refractivity contribution < 1.29 is 9.53 Å². The summed E-state index contributed by atoms with van der Waals surface area (Å²) in [4.78, 5) is 17.1. The Bertz CT molecular complexity index is 887. The zero-order chi connectivity index (χ0) is 19.1. The van der Waals surface area contributed by atoms with E-state index in [4.69, 9.17) is 4.74 Å². The van der Waals surface area contributed by atoms with E-state index in [1.165, 1.54) is 0 Å². The molecule has 158 valence electrons. The first-order valence-electron chi connectivity index (χ1n) is 9.29. The van der Waals surface area contributed by atoms with Gasteiger partial charge in [-0.25, -0.2) is 4.98 Å². The first-order valence-corrected chi connectivity index (χ1v) is 9.29. The number of hydrogen-bond acceptors (Lipinski definition) is 4. The van der Waals surface area contributed by atoms with Crippen LogP contribution in [0.5, 0.6) is 5.75 Å². The maximum atomic E-state index is 12.5. The highest BCUT2D eigenvalue weighted by Gasteiger charge is 2.14. The van der Waals surface area contributed by atoms with Gasteiger partial charge in [-0.15, -0.1) is 24.8 Å². The molecular weight excluding hydrogens is 411 g/mol. The third-order valence-electron chi connectivity index (χ3n) is 4.30. The van der Waals surface area contributed by atoms with Crippen LogP contribution in [0.15, 0.2) is 54.6 Å². The van der Waals surface area contributed by atoms with E-state index < -0.39 is 0 Å². The van der Waals surface area contributed by atoms with Gasteiger partial charge in [0.1, 0.15) is 24.7 Å². The van der Waals surface area contributed by atoms with Gasteiger partial charge in [-0.2, -0.15) is 0 Å². The van der Waals surface area contributed by atoms with E-state index in [0.29, 0.717) is 13.2 Å². The second-order valence-corrected chi connectivity index (χ2v) is 6.47. The van der Waals surface area contributed by atoms with E-state index >= 15 is 0 Å². The monoisotopic (exact) mass is 438 g/mol. The number of rotatable bonds is 9. The van der Waals surface area contributed by atoms with Crippen LogP contribution in [0.3, 0.4) is 0 Å². The van der Waals surface area contributed by atoms with Crippen LogP contribution in [-0.4, -0.2) is 34.6 Å². The van der Waals surface area contributed by atoms with E-state index in [2.05, 4.69) is 29.5 Å². The highest BCUT2D eigenvalue weighted by Crippen LogP contribution is 2.18. The van der Waals surface area contributed by atoms with E-state index in [9.17, 15) is 4.79 Å². The third kappa shape index (κ3) is 6.92. The number of benzene rings is 2. The van der Waals surface area contributed by atoms with Crippen LogP contribution in [0.4, 0.5) is 0 Å². The quantitative estimate of drug-likeness (QED) is 0.535. The lowest BCUT2D eigenvalue weighted by molar-refractivity contribution is -0.121. The molecule has 8 heteroatoms. The van der Waals surface area contributed by atoms with Gasteiger partial charge in [0.15, 0.2) is 0 Å². The van der Waals surface area contributed by atoms with Gasteiger partial charge in [-0.1, -0.05) is 37.3 Å². The molecule has 0 fully saturated rings. The number of halogens is 2. The number of hydrogen-bond donors (Lipinski definition) is 2. The summed E-state index contributed by atoms with van der Waals surface area (Å²) in [5.41, 5.74) is 1.79. The molecule has 0 radical (unpaired) electrons. The minimum absolute atomic E-state index is 0. The summed E-state index contributed by atoms with van der Waals surface area (Å²) in [6, 6.07) is 17.7. The first kappa shape index (κ1) is 24.8. The van der Waals surface area contributed by atoms with Crippen molar-refractivity contribution in [3.8, 4) is 5.75 Å². The Hall–Kier alpha value is -2.28. The van der Waals surface area contributed by atoms with Crippen molar-refractivity contribution in [1.29, 1.82) is 0 Å². The maximum absolute atomic E-state index is 12.5. The summed E-state index contributed by atoms with van der Waals surface area (Å²) >= 11 is 0. The molecule has 2 N–H and O–H groups in total. The van der Waals surface area contributed by atoms with Crippen LogP contribution < -0.4 is 15.4 Å². The van der Waals surface area contributed by atoms with Crippen molar-refractivity contribution >= 4 is 41.8 Å². The Labute approximate surface area is 183 Å². The summed E-state index contributed by atoms with van der Waals surface area (Å²) in [5.74, 6) is 1.47. The fraction of sp³-hybridized carbons (Fsp3) is 0.333. The number of carbonyl (C=O) groups excluding carboxylic acids is 1. The number of aromatic nitrogens is 2. The van der Waals surface area contributed by atoms with E-state index in [0.717, 1.165) is 29.2 Å². The lowest BCUT2D eigenvalue weighted by atomic mass is 10.3. The van der Waals surface area contributed by atoms with Crippen molar-refractivity contribution in [2.24, 2.45) is 0 Å². The maximum Gasteiger partial charge on any atom is 0.240 e. The fourth-order valence-electron chi connectivity index (χ4n) is 2.96. The molecule has 0 saturated carbocycles. The molecule has 6 nitrogen and oxygen atoms in total. The number of para-hydroxylation sites is 3. The Morgan fingerprint density at radius 1 is 1.10 bits per heavy atom. The normalized spacial score (nSPS) is 11.2. The van der Waals surface area contributed by atoms with Crippen molar-refractivity contribution in [3.05, 3.63) is 60.4 Å². The van der Waals surface area contributed by atoms with Crippen LogP contribution in [0.2, 0.25) is 0 Å². The molecule has 1 amide bonds. The topological polar surface area (TPSA) is 68.2 Å². The lowest BCUT2D eigenvalue weighted by Gasteiger charge is -2.14. The van der Waals surface area contributed by atoms with E-state index in [1.54, 1.807) is 0 Å². The van der Waals surface area contributed by atoms with Crippen molar-refractivity contribution in [1.82, 2.24) is 20.2 Å². The van der Waals surface area contributed by atoms with Gasteiger partial charge in [-0.05, 0) is 37.7 Å². The molecule has 0 aliphatic rings. The van der Waals surface area contributed by atoms with E-state index in [-0.39, 0.29) is 43.3 Å². The molecule has 1 atom stereocenters. The lowest BCUT2D eigenvalue weighted by Crippen LogP contribution is -2.40. The van der Waals surface area contributed by atoms with Gasteiger partial charge in [0.05, 0.1) is 11.0 Å². The highest BCUT2D eigenvalue weighted by molar-refractivity contribution is 5.85. The minimum Gasteiger partial charge on any atom is -0.486 e. The Morgan fingerprint density at radius 3 is 2.52 bits per heavy atom. The number of imidazole rings is 1. The molecule has 0 aliphatic carbocycles. The third-order valence-corrected chi connectivity index (χ3v) is 4.30. The van der Waals surface area contributed by atoms with Gasteiger partial charge < -0.3 is 19.9 Å². The predicted octanol–water partition coefficient (Wildman–Crippen LogP) is 3.57. The summed E-state index contributed by atoms with van der Waals surface area (Å²) in [5, 5.41) is 6.27. The van der Waals surface area contributed by atoms with Gasteiger partial charge in [-0.3, -0.25) is 4.79 Å². The zero-order valence-corrected chi connectivity index (χ0v) is 18.3. The number of nitrogens with zero attached hydrogens (tertiary/aromatic N) is 2. The van der Waals surface area contributed by atoms with Crippen LogP contribution in [0, 0.1) is 0 Å². The largest absolute Gasteiger partial charge is 0.486 e. The molecule has 2 aromatic carbocycles. The molecule has 0 saturated heterocycles. The molecule has 3 rings (SSSR count). The predicted molar refractivity (Wildman–Crippen MR) is 121 cm³/mol. The van der Waals surface area contributed by atoms with Crippen LogP contribution in [0.1, 0.15) is 19.7 Å². The Morgan fingerprint density at radius 2 is 1.79 bits per heavy atom. The zero-order valence-electron chi connectivity index (χ0n) is 16.6. The fourth-order valence-corrected chi connectivity index (χ4v) is 2.96. The number of carbonyl (C=O) groups is 1.